The second-order valence-corrected chi connectivity index (χ2v) is 5.74. The van der Waals surface area contributed by atoms with Gasteiger partial charge in [0.25, 0.3) is 5.91 Å². The van der Waals surface area contributed by atoms with Crippen LogP contribution >= 0.6 is 0 Å². The van der Waals surface area contributed by atoms with Crippen molar-refractivity contribution in [1.82, 2.24) is 9.97 Å². The molecule has 0 radical (unpaired) electrons. The van der Waals surface area contributed by atoms with Gasteiger partial charge in [-0.2, -0.15) is 0 Å². The predicted octanol–water partition coefficient (Wildman–Crippen LogP) is 2.05. The van der Waals surface area contributed by atoms with Crippen molar-refractivity contribution in [2.24, 2.45) is 5.73 Å². The van der Waals surface area contributed by atoms with Crippen molar-refractivity contribution >= 4 is 11.9 Å². The lowest BCUT2D eigenvalue weighted by atomic mass is 9.94. The molecule has 23 heavy (non-hydrogen) atoms. The average Bonchev–Trinajstić information content (AvgIpc) is 2.94. The minimum absolute atomic E-state index is 0.0717. The summed E-state index contributed by atoms with van der Waals surface area (Å²) < 4.78 is 0. The number of carbonyl (C=O) groups excluding carboxylic acids is 1. The maximum Gasteiger partial charge on any atom is 0.336 e. The first-order chi connectivity index (χ1) is 10.9. The van der Waals surface area contributed by atoms with E-state index in [0.717, 1.165) is 30.4 Å². The standard InChI is InChI=1S/C17H17N3O3/c1-8-14(20-15(16(18)21)9(2)19-8)12-7-6-10-4-3-5-11(10)13(12)17(22)23/h6-7H,3-5H2,1-2H3,(H2,18,21)(H,22,23). The second kappa shape index (κ2) is 5.46. The molecule has 0 unspecified atom stereocenters. The van der Waals surface area contributed by atoms with Gasteiger partial charge >= 0.3 is 5.97 Å². The lowest BCUT2D eigenvalue weighted by Gasteiger charge is -2.14. The van der Waals surface area contributed by atoms with Crippen LogP contribution in [0.3, 0.4) is 0 Å². The highest BCUT2D eigenvalue weighted by Gasteiger charge is 2.25. The van der Waals surface area contributed by atoms with Crippen LogP contribution in [-0.4, -0.2) is 27.0 Å². The molecule has 1 aromatic heterocycles. The quantitative estimate of drug-likeness (QED) is 0.902. The highest BCUT2D eigenvalue weighted by atomic mass is 16.4. The van der Waals surface area contributed by atoms with Gasteiger partial charge in [-0.25, -0.2) is 9.78 Å². The van der Waals surface area contributed by atoms with Crippen LogP contribution in [0, 0.1) is 13.8 Å². The Morgan fingerprint density at radius 3 is 2.52 bits per heavy atom. The number of aryl methyl sites for hydroxylation is 3. The smallest absolute Gasteiger partial charge is 0.336 e. The summed E-state index contributed by atoms with van der Waals surface area (Å²) in [5, 5.41) is 9.68. The van der Waals surface area contributed by atoms with Crippen LogP contribution in [0.2, 0.25) is 0 Å². The second-order valence-electron chi connectivity index (χ2n) is 5.74. The van der Waals surface area contributed by atoms with Crippen LogP contribution in [0.1, 0.15) is 49.8 Å². The van der Waals surface area contributed by atoms with Crippen molar-refractivity contribution in [2.75, 3.05) is 0 Å². The lowest BCUT2D eigenvalue weighted by Crippen LogP contribution is -2.17. The van der Waals surface area contributed by atoms with Gasteiger partial charge in [-0.15, -0.1) is 0 Å². The normalized spacial score (nSPS) is 13.0. The number of nitrogens with two attached hydrogens (primary N) is 1. The molecule has 2 aromatic rings. The molecule has 1 amide bonds. The topological polar surface area (TPSA) is 106 Å². The fraction of sp³-hybridized carbons (Fsp3) is 0.294. The van der Waals surface area contributed by atoms with Gasteiger partial charge in [-0.3, -0.25) is 9.78 Å². The minimum Gasteiger partial charge on any atom is -0.478 e. The van der Waals surface area contributed by atoms with Gasteiger partial charge < -0.3 is 10.8 Å². The molecular weight excluding hydrogens is 294 g/mol. The molecule has 6 heteroatoms. The fourth-order valence-electron chi connectivity index (χ4n) is 3.23. The number of primary amides is 1. The number of hydrogen-bond donors (Lipinski definition) is 2. The number of benzene rings is 1. The summed E-state index contributed by atoms with van der Waals surface area (Å²) >= 11 is 0. The van der Waals surface area contributed by atoms with Gasteiger partial charge in [0.15, 0.2) is 0 Å². The third-order valence-electron chi connectivity index (χ3n) is 4.23. The predicted molar refractivity (Wildman–Crippen MR) is 84.4 cm³/mol. The van der Waals surface area contributed by atoms with E-state index in [0.29, 0.717) is 22.6 Å². The molecule has 0 saturated carbocycles. The number of hydrogen-bond acceptors (Lipinski definition) is 4. The van der Waals surface area contributed by atoms with Crippen LogP contribution in [0.25, 0.3) is 11.3 Å². The highest BCUT2D eigenvalue weighted by Crippen LogP contribution is 2.33. The van der Waals surface area contributed by atoms with Crippen LogP contribution in [-0.2, 0) is 12.8 Å². The first-order valence-corrected chi connectivity index (χ1v) is 7.43. The Bertz CT molecular complexity index is 843. The number of aromatic carboxylic acids is 1. The van der Waals surface area contributed by atoms with E-state index in [-0.39, 0.29) is 11.3 Å². The van der Waals surface area contributed by atoms with Crippen LogP contribution in [0.4, 0.5) is 0 Å². The molecule has 1 heterocycles. The van der Waals surface area contributed by atoms with Gasteiger partial charge in [-0.05, 0) is 44.2 Å². The molecule has 3 N–H and O–H groups in total. The van der Waals surface area contributed by atoms with Crippen LogP contribution in [0.15, 0.2) is 12.1 Å². The Labute approximate surface area is 133 Å². The number of carbonyl (C=O) groups is 2. The number of rotatable bonds is 3. The molecule has 1 aromatic carbocycles. The van der Waals surface area contributed by atoms with Gasteiger partial charge in [0.1, 0.15) is 5.69 Å². The third kappa shape index (κ3) is 2.46. The fourth-order valence-corrected chi connectivity index (χ4v) is 3.23. The lowest BCUT2D eigenvalue weighted by molar-refractivity contribution is 0.0696. The first-order valence-electron chi connectivity index (χ1n) is 7.43. The summed E-state index contributed by atoms with van der Waals surface area (Å²) in [6.07, 6.45) is 2.58. The van der Waals surface area contributed by atoms with Gasteiger partial charge in [0.2, 0.25) is 0 Å². The maximum atomic E-state index is 11.8. The molecule has 0 atom stereocenters. The van der Waals surface area contributed by atoms with E-state index >= 15 is 0 Å². The summed E-state index contributed by atoms with van der Waals surface area (Å²) in [7, 11) is 0. The van der Waals surface area contributed by atoms with Crippen molar-refractivity contribution in [2.45, 2.75) is 33.1 Å². The summed E-state index contributed by atoms with van der Waals surface area (Å²) in [6, 6.07) is 3.69. The first kappa shape index (κ1) is 15.1. The number of nitrogens with zero attached hydrogens (tertiary/aromatic N) is 2. The molecule has 0 saturated heterocycles. The van der Waals surface area contributed by atoms with Crippen molar-refractivity contribution < 1.29 is 14.7 Å². The van der Waals surface area contributed by atoms with E-state index in [1.807, 2.05) is 6.07 Å². The van der Waals surface area contributed by atoms with E-state index in [1.54, 1.807) is 19.9 Å². The van der Waals surface area contributed by atoms with Crippen molar-refractivity contribution in [3.8, 4) is 11.3 Å². The zero-order valence-electron chi connectivity index (χ0n) is 13.0. The molecule has 3 rings (SSSR count). The molecule has 1 aliphatic carbocycles. The van der Waals surface area contributed by atoms with Gasteiger partial charge in [0, 0.05) is 5.56 Å². The zero-order valence-corrected chi connectivity index (χ0v) is 13.0. The molecule has 118 valence electrons. The molecule has 0 aliphatic heterocycles. The Morgan fingerprint density at radius 2 is 1.87 bits per heavy atom. The molecule has 1 aliphatic rings. The highest BCUT2D eigenvalue weighted by molar-refractivity contribution is 5.99. The van der Waals surface area contributed by atoms with E-state index in [2.05, 4.69) is 9.97 Å². The monoisotopic (exact) mass is 311 g/mol. The van der Waals surface area contributed by atoms with Gasteiger partial charge in [0.05, 0.1) is 22.6 Å². The Balaban J connectivity index is 2.30. The SMILES string of the molecule is Cc1nc(C)c(-c2ccc3c(c2C(=O)O)CCC3)nc1C(N)=O. The van der Waals surface area contributed by atoms with E-state index in [4.69, 9.17) is 5.73 Å². The summed E-state index contributed by atoms with van der Waals surface area (Å²) in [6.45, 7) is 3.41. The molecule has 0 fully saturated rings. The number of carboxylic acid groups (broad SMARTS) is 1. The minimum atomic E-state index is -0.985. The average molecular weight is 311 g/mol. The Kier molecular flexibility index (Phi) is 3.60. The van der Waals surface area contributed by atoms with E-state index in [1.165, 1.54) is 0 Å². The molecule has 0 bridgehead atoms. The summed E-state index contributed by atoms with van der Waals surface area (Å²) in [5.74, 6) is -1.66. The van der Waals surface area contributed by atoms with E-state index < -0.39 is 11.9 Å². The Hall–Kier alpha value is -2.76. The number of aromatic nitrogens is 2. The van der Waals surface area contributed by atoms with Crippen molar-refractivity contribution in [3.05, 3.63) is 45.9 Å². The van der Waals surface area contributed by atoms with Crippen molar-refractivity contribution in [1.29, 1.82) is 0 Å². The molecule has 6 nitrogen and oxygen atoms in total. The molecule has 0 spiro atoms. The van der Waals surface area contributed by atoms with Crippen molar-refractivity contribution in [3.63, 3.8) is 0 Å². The van der Waals surface area contributed by atoms with Crippen LogP contribution < -0.4 is 5.73 Å². The summed E-state index contributed by atoms with van der Waals surface area (Å²) in [5.41, 5.74) is 9.51. The largest absolute Gasteiger partial charge is 0.478 e. The van der Waals surface area contributed by atoms with Gasteiger partial charge in [-0.1, -0.05) is 12.1 Å². The summed E-state index contributed by atoms with van der Waals surface area (Å²) in [4.78, 5) is 32.0. The number of fused-ring (bicyclic) bond motifs is 1. The Morgan fingerprint density at radius 1 is 1.13 bits per heavy atom. The third-order valence-corrected chi connectivity index (χ3v) is 4.23. The van der Waals surface area contributed by atoms with Crippen LogP contribution in [0.5, 0.6) is 0 Å². The zero-order chi connectivity index (χ0) is 16.7. The van der Waals surface area contributed by atoms with E-state index in [9.17, 15) is 14.7 Å². The number of carboxylic acids is 1. The number of amides is 1. The maximum absolute atomic E-state index is 11.8. The molecular formula is C17H17N3O3.